The van der Waals surface area contributed by atoms with Gasteiger partial charge in [0, 0.05) is 11.1 Å². The number of pyridine rings is 1. The molecule has 14 heavy (non-hydrogen) atoms. The van der Waals surface area contributed by atoms with E-state index in [1.165, 1.54) is 0 Å². The van der Waals surface area contributed by atoms with Crippen LogP contribution >= 0.6 is 0 Å². The highest BCUT2D eigenvalue weighted by atomic mass is 16.2. The molecular formula is C12H12NO. The Labute approximate surface area is 83.2 Å². The molecule has 2 aromatic rings. The van der Waals surface area contributed by atoms with Crippen LogP contribution in [-0.4, -0.2) is 11.6 Å². The van der Waals surface area contributed by atoms with Crippen LogP contribution in [0.2, 0.25) is 0 Å². The fourth-order valence-corrected chi connectivity index (χ4v) is 1.71. The zero-order valence-corrected chi connectivity index (χ0v) is 8.16. The number of rotatable bonds is 2. The highest BCUT2D eigenvalue weighted by Crippen LogP contribution is 2.18. The average Bonchev–Trinajstić information content (AvgIpc) is 2.18. The summed E-state index contributed by atoms with van der Waals surface area (Å²) in [5.74, 6) is 0. The number of hydrogen-bond donors (Lipinski definition) is 0. The lowest BCUT2D eigenvalue weighted by atomic mass is 10.1. The maximum Gasteiger partial charge on any atom is 0.0862 e. The van der Waals surface area contributed by atoms with Crippen molar-refractivity contribution in [1.82, 2.24) is 4.98 Å². The number of fused-ring (bicyclic) bond motifs is 1. The van der Waals surface area contributed by atoms with Crippen LogP contribution in [0.25, 0.3) is 10.9 Å². The van der Waals surface area contributed by atoms with Crippen molar-refractivity contribution in [3.63, 3.8) is 0 Å². The summed E-state index contributed by atoms with van der Waals surface area (Å²) < 4.78 is 0. The van der Waals surface area contributed by atoms with Crippen LogP contribution in [0.1, 0.15) is 11.3 Å². The molecule has 0 aliphatic carbocycles. The molecular weight excluding hydrogens is 174 g/mol. The van der Waals surface area contributed by atoms with Crippen molar-refractivity contribution in [2.45, 2.75) is 13.3 Å². The zero-order chi connectivity index (χ0) is 9.97. The molecule has 0 saturated heterocycles. The van der Waals surface area contributed by atoms with Gasteiger partial charge in [-0.2, -0.15) is 0 Å². The molecule has 1 aromatic heterocycles. The number of aromatic nitrogens is 1. The zero-order valence-electron chi connectivity index (χ0n) is 8.16. The van der Waals surface area contributed by atoms with Gasteiger partial charge in [-0.1, -0.05) is 18.2 Å². The smallest absolute Gasteiger partial charge is 0.0862 e. The number of aryl methyl sites for hydroxylation is 1. The van der Waals surface area contributed by atoms with Gasteiger partial charge in [-0.05, 0) is 31.0 Å². The van der Waals surface area contributed by atoms with Crippen molar-refractivity contribution < 1.29 is 5.11 Å². The first-order chi connectivity index (χ1) is 6.81. The van der Waals surface area contributed by atoms with E-state index < -0.39 is 0 Å². The average molecular weight is 186 g/mol. The third-order valence-corrected chi connectivity index (χ3v) is 2.30. The van der Waals surface area contributed by atoms with E-state index in [1.54, 1.807) is 0 Å². The molecule has 0 aliphatic rings. The van der Waals surface area contributed by atoms with E-state index in [4.69, 9.17) is 0 Å². The minimum Gasteiger partial charge on any atom is -0.253 e. The molecule has 0 amide bonds. The van der Waals surface area contributed by atoms with Gasteiger partial charge in [-0.15, -0.1) is 0 Å². The summed E-state index contributed by atoms with van der Waals surface area (Å²) in [5.41, 5.74) is 3.08. The normalized spacial score (nSPS) is 10.7. The Hall–Kier alpha value is -1.41. The summed E-state index contributed by atoms with van der Waals surface area (Å²) in [6, 6.07) is 9.95. The van der Waals surface area contributed by atoms with E-state index in [-0.39, 0.29) is 6.61 Å². The third kappa shape index (κ3) is 1.61. The summed E-state index contributed by atoms with van der Waals surface area (Å²) in [7, 11) is 0. The SMILES string of the molecule is Cc1cc(CC[O])c2ccccc2n1. The van der Waals surface area contributed by atoms with Crippen LogP contribution in [0, 0.1) is 6.92 Å². The van der Waals surface area contributed by atoms with E-state index in [0.29, 0.717) is 6.42 Å². The van der Waals surface area contributed by atoms with Gasteiger partial charge in [0.1, 0.15) is 0 Å². The standard InChI is InChI=1S/C12H12NO/c1-9-8-10(6-7-14)11-4-2-3-5-12(11)13-9/h2-5,8H,6-7H2,1H3. The van der Waals surface area contributed by atoms with Gasteiger partial charge in [0.15, 0.2) is 0 Å². The summed E-state index contributed by atoms with van der Waals surface area (Å²) in [4.78, 5) is 4.42. The Bertz CT molecular complexity index is 451. The van der Waals surface area contributed by atoms with Gasteiger partial charge in [-0.25, -0.2) is 5.11 Å². The molecule has 0 N–H and O–H groups in total. The summed E-state index contributed by atoms with van der Waals surface area (Å²) in [6.07, 6.45) is 0.587. The molecule has 2 rings (SSSR count). The quantitative estimate of drug-likeness (QED) is 0.709. The lowest BCUT2D eigenvalue weighted by Gasteiger charge is -2.05. The van der Waals surface area contributed by atoms with Gasteiger partial charge in [-0.3, -0.25) is 4.98 Å². The highest BCUT2D eigenvalue weighted by molar-refractivity contribution is 5.82. The van der Waals surface area contributed by atoms with Crippen molar-refractivity contribution in [1.29, 1.82) is 0 Å². The fraction of sp³-hybridized carbons (Fsp3) is 0.250. The molecule has 0 spiro atoms. The topological polar surface area (TPSA) is 32.8 Å². The minimum atomic E-state index is -0.0621. The predicted octanol–water partition coefficient (Wildman–Crippen LogP) is 2.52. The minimum absolute atomic E-state index is 0.0621. The Morgan fingerprint density at radius 3 is 2.86 bits per heavy atom. The molecule has 71 valence electrons. The predicted molar refractivity (Wildman–Crippen MR) is 55.7 cm³/mol. The molecule has 0 fully saturated rings. The second kappa shape index (κ2) is 3.76. The van der Waals surface area contributed by atoms with Gasteiger partial charge < -0.3 is 0 Å². The summed E-state index contributed by atoms with van der Waals surface area (Å²) in [5, 5.41) is 11.7. The Morgan fingerprint density at radius 1 is 1.29 bits per heavy atom. The second-order valence-corrected chi connectivity index (χ2v) is 3.39. The lowest BCUT2D eigenvalue weighted by Crippen LogP contribution is -1.94. The first kappa shape index (κ1) is 9.16. The number of hydrogen-bond acceptors (Lipinski definition) is 1. The summed E-state index contributed by atoms with van der Waals surface area (Å²) in [6.45, 7) is 1.90. The molecule has 1 heterocycles. The van der Waals surface area contributed by atoms with Gasteiger partial charge in [0.05, 0.1) is 12.1 Å². The van der Waals surface area contributed by atoms with E-state index in [2.05, 4.69) is 4.98 Å². The molecule has 0 aliphatic heterocycles. The molecule has 0 unspecified atom stereocenters. The molecule has 2 heteroatoms. The molecule has 0 saturated carbocycles. The third-order valence-electron chi connectivity index (χ3n) is 2.30. The van der Waals surface area contributed by atoms with Crippen LogP contribution in [0.3, 0.4) is 0 Å². The van der Waals surface area contributed by atoms with Crippen LogP contribution < -0.4 is 0 Å². The second-order valence-electron chi connectivity index (χ2n) is 3.39. The van der Waals surface area contributed by atoms with Gasteiger partial charge in [0.2, 0.25) is 0 Å². The Morgan fingerprint density at radius 2 is 2.07 bits per heavy atom. The molecule has 2 nitrogen and oxygen atoms in total. The largest absolute Gasteiger partial charge is 0.253 e. The molecule has 0 atom stereocenters. The first-order valence-corrected chi connectivity index (χ1v) is 4.74. The molecule has 1 aromatic carbocycles. The van der Waals surface area contributed by atoms with Gasteiger partial charge >= 0.3 is 0 Å². The van der Waals surface area contributed by atoms with Crippen molar-refractivity contribution in [3.8, 4) is 0 Å². The lowest BCUT2D eigenvalue weighted by molar-refractivity contribution is 0.197. The highest BCUT2D eigenvalue weighted by Gasteiger charge is 2.02. The van der Waals surface area contributed by atoms with E-state index in [1.807, 2.05) is 37.3 Å². The Balaban J connectivity index is 2.67. The van der Waals surface area contributed by atoms with Crippen LogP contribution in [0.5, 0.6) is 0 Å². The van der Waals surface area contributed by atoms with Crippen molar-refractivity contribution >= 4 is 10.9 Å². The van der Waals surface area contributed by atoms with Gasteiger partial charge in [0.25, 0.3) is 0 Å². The molecule has 0 bridgehead atoms. The molecule has 1 radical (unpaired) electrons. The van der Waals surface area contributed by atoms with E-state index >= 15 is 0 Å². The maximum absolute atomic E-state index is 10.6. The van der Waals surface area contributed by atoms with Crippen LogP contribution in [0.4, 0.5) is 0 Å². The summed E-state index contributed by atoms with van der Waals surface area (Å²) >= 11 is 0. The maximum atomic E-state index is 10.6. The van der Waals surface area contributed by atoms with Crippen molar-refractivity contribution in [3.05, 3.63) is 41.6 Å². The van der Waals surface area contributed by atoms with E-state index in [0.717, 1.165) is 22.2 Å². The first-order valence-electron chi connectivity index (χ1n) is 4.74. The van der Waals surface area contributed by atoms with Crippen LogP contribution in [0.15, 0.2) is 30.3 Å². The van der Waals surface area contributed by atoms with Crippen molar-refractivity contribution in [2.75, 3.05) is 6.61 Å². The number of benzene rings is 1. The monoisotopic (exact) mass is 186 g/mol. The Kier molecular flexibility index (Phi) is 2.46. The number of nitrogens with zero attached hydrogens (tertiary/aromatic N) is 1. The van der Waals surface area contributed by atoms with Crippen molar-refractivity contribution in [2.24, 2.45) is 0 Å². The van der Waals surface area contributed by atoms with Crippen LogP contribution in [-0.2, 0) is 11.5 Å². The fourth-order valence-electron chi connectivity index (χ4n) is 1.71. The number of para-hydroxylation sites is 1. The van der Waals surface area contributed by atoms with E-state index in [9.17, 15) is 5.11 Å².